The molecule has 0 amide bonds. The third kappa shape index (κ3) is 3.67. The highest BCUT2D eigenvalue weighted by Crippen LogP contribution is 2.10. The Kier molecular flexibility index (Phi) is 5.64. The SMILES string of the molecule is CC.CC(C)c1nccc(Cl)n1. The van der Waals surface area contributed by atoms with Crippen LogP contribution in [0, 0.1) is 0 Å². The van der Waals surface area contributed by atoms with E-state index in [-0.39, 0.29) is 0 Å². The van der Waals surface area contributed by atoms with Crippen molar-refractivity contribution in [2.75, 3.05) is 0 Å². The van der Waals surface area contributed by atoms with Gasteiger partial charge in [0.2, 0.25) is 0 Å². The number of nitrogens with zero attached hydrogens (tertiary/aromatic N) is 2. The summed E-state index contributed by atoms with van der Waals surface area (Å²) in [5, 5.41) is 0.513. The molecule has 3 heteroatoms. The number of rotatable bonds is 1. The van der Waals surface area contributed by atoms with Crippen molar-refractivity contribution in [3.8, 4) is 0 Å². The predicted molar refractivity (Wildman–Crippen MR) is 52.5 cm³/mol. The smallest absolute Gasteiger partial charge is 0.132 e. The average molecular weight is 187 g/mol. The van der Waals surface area contributed by atoms with E-state index in [0.717, 1.165) is 5.82 Å². The van der Waals surface area contributed by atoms with Gasteiger partial charge in [-0.3, -0.25) is 0 Å². The van der Waals surface area contributed by atoms with Gasteiger partial charge < -0.3 is 0 Å². The Bertz CT molecular complexity index is 224. The standard InChI is InChI=1S/C7H9ClN2.C2H6/c1-5(2)7-9-4-3-6(8)10-7;1-2/h3-5H,1-2H3;1-2H3. The highest BCUT2D eigenvalue weighted by Gasteiger charge is 2.00. The van der Waals surface area contributed by atoms with Gasteiger partial charge in [0.25, 0.3) is 0 Å². The quantitative estimate of drug-likeness (QED) is 0.630. The second-order valence-corrected chi connectivity index (χ2v) is 2.78. The number of aromatic nitrogens is 2. The van der Waals surface area contributed by atoms with Crippen molar-refractivity contribution in [1.29, 1.82) is 0 Å². The van der Waals surface area contributed by atoms with Gasteiger partial charge in [0, 0.05) is 12.1 Å². The van der Waals surface area contributed by atoms with Crippen molar-refractivity contribution >= 4 is 11.6 Å². The maximum Gasteiger partial charge on any atom is 0.132 e. The number of hydrogen-bond acceptors (Lipinski definition) is 2. The fraction of sp³-hybridized carbons (Fsp3) is 0.556. The third-order valence-corrected chi connectivity index (χ3v) is 1.37. The van der Waals surface area contributed by atoms with Crippen LogP contribution in [-0.4, -0.2) is 9.97 Å². The molecule has 12 heavy (non-hydrogen) atoms. The molecule has 0 atom stereocenters. The first-order valence-electron chi connectivity index (χ1n) is 4.18. The average Bonchev–Trinajstić information content (AvgIpc) is 2.08. The molecule has 1 rings (SSSR count). The summed E-state index contributed by atoms with van der Waals surface area (Å²) < 4.78 is 0. The molecule has 0 N–H and O–H groups in total. The van der Waals surface area contributed by atoms with Crippen LogP contribution >= 0.6 is 11.6 Å². The molecule has 0 bridgehead atoms. The van der Waals surface area contributed by atoms with Crippen LogP contribution in [0.3, 0.4) is 0 Å². The fourth-order valence-electron chi connectivity index (χ4n) is 0.629. The topological polar surface area (TPSA) is 25.8 Å². The molecule has 0 aromatic carbocycles. The fourth-order valence-corrected chi connectivity index (χ4v) is 0.772. The van der Waals surface area contributed by atoms with Crippen LogP contribution in [0.2, 0.25) is 5.15 Å². The first-order chi connectivity index (χ1) is 5.70. The van der Waals surface area contributed by atoms with Gasteiger partial charge in [0.15, 0.2) is 0 Å². The molecule has 1 heterocycles. The Balaban J connectivity index is 0.000000561. The van der Waals surface area contributed by atoms with Crippen molar-refractivity contribution in [1.82, 2.24) is 9.97 Å². The van der Waals surface area contributed by atoms with Crippen LogP contribution in [0.1, 0.15) is 39.4 Å². The van der Waals surface area contributed by atoms with Crippen molar-refractivity contribution < 1.29 is 0 Å². The number of halogens is 1. The molecule has 1 aromatic rings. The lowest BCUT2D eigenvalue weighted by atomic mass is 10.2. The molecule has 0 aliphatic carbocycles. The summed E-state index contributed by atoms with van der Waals surface area (Å²) in [6.07, 6.45) is 1.67. The maximum absolute atomic E-state index is 5.64. The molecular weight excluding hydrogens is 172 g/mol. The Morgan fingerprint density at radius 3 is 2.25 bits per heavy atom. The van der Waals surface area contributed by atoms with Gasteiger partial charge in [-0.05, 0) is 6.07 Å². The van der Waals surface area contributed by atoms with Gasteiger partial charge in [-0.15, -0.1) is 0 Å². The molecule has 0 radical (unpaired) electrons. The summed E-state index contributed by atoms with van der Waals surface area (Å²) in [6, 6.07) is 1.67. The Morgan fingerprint density at radius 1 is 1.33 bits per heavy atom. The Labute approximate surface area is 79.0 Å². The van der Waals surface area contributed by atoms with E-state index in [2.05, 4.69) is 9.97 Å². The molecule has 0 saturated heterocycles. The molecule has 0 spiro atoms. The van der Waals surface area contributed by atoms with Gasteiger partial charge in [0.05, 0.1) is 0 Å². The van der Waals surface area contributed by atoms with Crippen LogP contribution in [-0.2, 0) is 0 Å². The summed E-state index contributed by atoms with van der Waals surface area (Å²) in [4.78, 5) is 8.07. The second-order valence-electron chi connectivity index (χ2n) is 2.39. The zero-order valence-electron chi connectivity index (χ0n) is 8.00. The van der Waals surface area contributed by atoms with Crippen LogP contribution < -0.4 is 0 Å². The first kappa shape index (κ1) is 11.4. The van der Waals surface area contributed by atoms with E-state index >= 15 is 0 Å². The van der Waals surface area contributed by atoms with E-state index in [9.17, 15) is 0 Å². The number of hydrogen-bond donors (Lipinski definition) is 0. The van der Waals surface area contributed by atoms with Gasteiger partial charge in [-0.2, -0.15) is 0 Å². The lowest BCUT2D eigenvalue weighted by molar-refractivity contribution is 0.774. The van der Waals surface area contributed by atoms with Gasteiger partial charge in [-0.1, -0.05) is 39.3 Å². The Hall–Kier alpha value is -0.630. The lowest BCUT2D eigenvalue weighted by Crippen LogP contribution is -1.95. The molecule has 68 valence electrons. The largest absolute Gasteiger partial charge is 0.241 e. The minimum absolute atomic E-state index is 0.346. The molecule has 0 unspecified atom stereocenters. The molecule has 2 nitrogen and oxygen atoms in total. The molecule has 0 aliphatic heterocycles. The summed E-state index contributed by atoms with van der Waals surface area (Å²) in [6.45, 7) is 8.07. The van der Waals surface area contributed by atoms with Crippen molar-refractivity contribution in [3.63, 3.8) is 0 Å². The van der Waals surface area contributed by atoms with Gasteiger partial charge >= 0.3 is 0 Å². The van der Waals surface area contributed by atoms with Crippen molar-refractivity contribution in [3.05, 3.63) is 23.2 Å². The van der Waals surface area contributed by atoms with Crippen molar-refractivity contribution in [2.24, 2.45) is 0 Å². The van der Waals surface area contributed by atoms with Gasteiger partial charge in [-0.25, -0.2) is 9.97 Å². The first-order valence-corrected chi connectivity index (χ1v) is 4.56. The Morgan fingerprint density at radius 2 is 1.92 bits per heavy atom. The minimum Gasteiger partial charge on any atom is -0.241 e. The van der Waals surface area contributed by atoms with E-state index in [1.807, 2.05) is 27.7 Å². The summed E-state index contributed by atoms with van der Waals surface area (Å²) in [7, 11) is 0. The second kappa shape index (κ2) is 5.95. The summed E-state index contributed by atoms with van der Waals surface area (Å²) in [5.74, 6) is 1.14. The monoisotopic (exact) mass is 186 g/mol. The maximum atomic E-state index is 5.64. The van der Waals surface area contributed by atoms with Gasteiger partial charge in [0.1, 0.15) is 11.0 Å². The van der Waals surface area contributed by atoms with Crippen LogP contribution in [0.15, 0.2) is 12.3 Å². The van der Waals surface area contributed by atoms with E-state index < -0.39 is 0 Å². The molecule has 0 saturated carbocycles. The van der Waals surface area contributed by atoms with E-state index in [4.69, 9.17) is 11.6 Å². The zero-order chi connectivity index (χ0) is 9.56. The third-order valence-electron chi connectivity index (χ3n) is 1.16. The van der Waals surface area contributed by atoms with Crippen LogP contribution in [0.25, 0.3) is 0 Å². The van der Waals surface area contributed by atoms with Crippen molar-refractivity contribution in [2.45, 2.75) is 33.6 Å². The minimum atomic E-state index is 0.346. The van der Waals surface area contributed by atoms with Crippen LogP contribution in [0.5, 0.6) is 0 Å². The highest BCUT2D eigenvalue weighted by atomic mass is 35.5. The van der Waals surface area contributed by atoms with E-state index in [1.54, 1.807) is 12.3 Å². The summed E-state index contributed by atoms with van der Waals surface area (Å²) in [5.41, 5.74) is 0. The van der Waals surface area contributed by atoms with E-state index in [0.29, 0.717) is 11.1 Å². The molecule has 0 fully saturated rings. The normalized spacial score (nSPS) is 9.17. The lowest BCUT2D eigenvalue weighted by Gasteiger charge is -2.00. The van der Waals surface area contributed by atoms with E-state index in [1.165, 1.54) is 0 Å². The molecular formula is C9H15ClN2. The molecule has 0 aliphatic rings. The molecule has 1 aromatic heterocycles. The predicted octanol–water partition coefficient (Wildman–Crippen LogP) is 3.28. The zero-order valence-corrected chi connectivity index (χ0v) is 8.76. The highest BCUT2D eigenvalue weighted by molar-refractivity contribution is 6.29. The van der Waals surface area contributed by atoms with Crippen LogP contribution in [0.4, 0.5) is 0 Å². The summed E-state index contributed by atoms with van der Waals surface area (Å²) >= 11 is 5.64.